The Bertz CT molecular complexity index is 2060. The van der Waals surface area contributed by atoms with Gasteiger partial charge in [-0.25, -0.2) is 4.98 Å². The second-order valence-corrected chi connectivity index (χ2v) is 12.2. The number of rotatable bonds is 2. The van der Waals surface area contributed by atoms with Crippen molar-refractivity contribution >= 4 is 35.0 Å². The van der Waals surface area contributed by atoms with Gasteiger partial charge in [-0.1, -0.05) is 35.9 Å². The van der Waals surface area contributed by atoms with Crippen LogP contribution in [-0.2, 0) is 11.3 Å². The maximum atomic E-state index is 13.8. The van der Waals surface area contributed by atoms with E-state index in [0.29, 0.717) is 33.5 Å². The van der Waals surface area contributed by atoms with Gasteiger partial charge in [-0.2, -0.15) is 0 Å². The van der Waals surface area contributed by atoms with Gasteiger partial charge in [-0.3, -0.25) is 14.4 Å². The molecule has 1 fully saturated rings. The minimum Gasteiger partial charge on any atom is -0.493 e. The summed E-state index contributed by atoms with van der Waals surface area (Å²) in [6.07, 6.45) is 2.70. The lowest BCUT2D eigenvalue weighted by Crippen LogP contribution is -2.45. The van der Waals surface area contributed by atoms with E-state index in [2.05, 4.69) is 15.6 Å². The predicted molar refractivity (Wildman–Crippen MR) is 179 cm³/mol. The quantitative estimate of drug-likeness (QED) is 0.281. The third-order valence-corrected chi connectivity index (χ3v) is 8.74. The van der Waals surface area contributed by atoms with E-state index in [0.717, 1.165) is 22.3 Å². The molecule has 3 aromatic carbocycles. The Kier molecular flexibility index (Phi) is 8.36. The van der Waals surface area contributed by atoms with Crippen LogP contribution in [0.5, 0.6) is 17.2 Å². The molecule has 0 saturated carbocycles. The first-order valence-corrected chi connectivity index (χ1v) is 15.8. The molecule has 2 N–H and O–H groups in total. The molecule has 0 unspecified atom stereocenters. The van der Waals surface area contributed by atoms with Crippen molar-refractivity contribution < 1.29 is 28.6 Å². The number of hydrogen-bond donors (Lipinski definition) is 2. The van der Waals surface area contributed by atoms with Gasteiger partial charge >= 0.3 is 0 Å². The number of ether oxygens (including phenoxy) is 3. The number of carbonyl (C=O) groups is 3. The number of benzene rings is 3. The van der Waals surface area contributed by atoms with Gasteiger partial charge in [0.25, 0.3) is 17.7 Å². The van der Waals surface area contributed by atoms with Crippen molar-refractivity contribution in [3.63, 3.8) is 0 Å². The van der Waals surface area contributed by atoms with Crippen LogP contribution in [0, 0.1) is 6.92 Å². The number of fused-ring (bicyclic) bond motifs is 8. The molecule has 11 nitrogen and oxygen atoms in total. The number of methoxy groups -OCH3 is 1. The summed E-state index contributed by atoms with van der Waals surface area (Å²) >= 11 is 6.14. The van der Waals surface area contributed by atoms with Crippen molar-refractivity contribution in [1.82, 2.24) is 24.9 Å². The highest BCUT2D eigenvalue weighted by atomic mass is 35.5. The third-order valence-electron chi connectivity index (χ3n) is 8.51. The summed E-state index contributed by atoms with van der Waals surface area (Å²) < 4.78 is 19.6. The van der Waals surface area contributed by atoms with Gasteiger partial charge in [-0.05, 0) is 77.7 Å². The van der Waals surface area contributed by atoms with Crippen molar-refractivity contribution in [3.8, 4) is 28.4 Å². The van der Waals surface area contributed by atoms with E-state index in [-0.39, 0.29) is 49.7 Å². The largest absolute Gasteiger partial charge is 0.493 e. The van der Waals surface area contributed by atoms with E-state index < -0.39 is 12.1 Å². The molecule has 0 aliphatic carbocycles. The molecule has 244 valence electrons. The molecule has 3 aliphatic heterocycles. The number of aryl methyl sites for hydroxylation is 1. The van der Waals surface area contributed by atoms with Crippen LogP contribution in [-0.4, -0.2) is 71.0 Å². The van der Waals surface area contributed by atoms with Crippen LogP contribution in [0.15, 0.2) is 85.2 Å². The van der Waals surface area contributed by atoms with Crippen molar-refractivity contribution in [2.75, 3.05) is 26.8 Å². The number of pyridine rings is 1. The SMILES string of the molecule is COc1cc2ccc1O[C@H]1CN(C(=O)c3cn4cc(Cl)ccc4n3)C[C@@H]1NC(=O)c1ccc(C)c(c1)-c1cccc(c1)OCC(=O)NC2. The number of imidazole rings is 1. The van der Waals surface area contributed by atoms with Crippen LogP contribution in [0.3, 0.4) is 0 Å². The molecular formula is C36H32ClN5O6. The maximum Gasteiger partial charge on any atom is 0.274 e. The molecule has 3 amide bonds. The zero-order chi connectivity index (χ0) is 33.4. The van der Waals surface area contributed by atoms with Crippen LogP contribution in [0.4, 0.5) is 0 Å². The highest BCUT2D eigenvalue weighted by Crippen LogP contribution is 2.32. The van der Waals surface area contributed by atoms with E-state index in [4.69, 9.17) is 25.8 Å². The molecule has 8 rings (SSSR count). The van der Waals surface area contributed by atoms with Crippen LogP contribution < -0.4 is 24.8 Å². The lowest BCUT2D eigenvalue weighted by Gasteiger charge is -2.23. The van der Waals surface area contributed by atoms with Crippen molar-refractivity contribution in [3.05, 3.63) is 113 Å². The molecule has 2 aromatic heterocycles. The highest BCUT2D eigenvalue weighted by molar-refractivity contribution is 6.30. The topological polar surface area (TPSA) is 124 Å². The van der Waals surface area contributed by atoms with Crippen molar-refractivity contribution in [1.29, 1.82) is 0 Å². The van der Waals surface area contributed by atoms with Crippen LogP contribution in [0.2, 0.25) is 5.02 Å². The number of carbonyl (C=O) groups excluding carboxylic acids is 3. The molecule has 3 aliphatic rings. The maximum absolute atomic E-state index is 13.8. The molecule has 0 radical (unpaired) electrons. The molecule has 5 heterocycles. The first kappa shape index (κ1) is 31.1. The molecule has 12 heteroatoms. The first-order valence-electron chi connectivity index (χ1n) is 15.4. The number of amides is 3. The second-order valence-electron chi connectivity index (χ2n) is 11.8. The Balaban J connectivity index is 1.24. The number of nitrogens with zero attached hydrogens (tertiary/aromatic N) is 3. The molecular weight excluding hydrogens is 634 g/mol. The number of likely N-dealkylation sites (tertiary alicyclic amines) is 1. The fraction of sp³-hybridized carbons (Fsp3) is 0.222. The van der Waals surface area contributed by atoms with E-state index in [1.54, 1.807) is 58.1 Å². The Labute approximate surface area is 281 Å². The van der Waals surface area contributed by atoms with Crippen LogP contribution in [0.25, 0.3) is 16.8 Å². The highest BCUT2D eigenvalue weighted by Gasteiger charge is 2.39. The smallest absolute Gasteiger partial charge is 0.274 e. The number of hydrogen-bond acceptors (Lipinski definition) is 7. The van der Waals surface area contributed by atoms with Gasteiger partial charge < -0.3 is 34.1 Å². The fourth-order valence-corrected chi connectivity index (χ4v) is 6.16. The molecule has 0 spiro atoms. The van der Waals surface area contributed by atoms with Crippen molar-refractivity contribution in [2.24, 2.45) is 0 Å². The third kappa shape index (κ3) is 6.37. The summed E-state index contributed by atoms with van der Waals surface area (Å²) in [5.41, 5.74) is 4.72. The average Bonchev–Trinajstić information content (AvgIpc) is 3.70. The standard InChI is InChI=1S/C36H32ClN5O6/c1-21-6-8-24-14-27(21)23-4-3-5-26(13-23)47-20-34(43)38-15-22-7-10-30(31(12-22)46-2)48-32-19-42(17-28(32)40-35(24)44)36(45)29-18-41-16-25(37)9-11-33(41)39-29/h3-14,16,18,28,32H,15,17,19-20H2,1-2H3,(H,38,43)(H,40,44)/t28-,32-/m0/s1. The molecule has 48 heavy (non-hydrogen) atoms. The minimum absolute atomic E-state index is 0.162. The summed E-state index contributed by atoms with van der Waals surface area (Å²) in [5.74, 6) is 0.510. The van der Waals surface area contributed by atoms with Gasteiger partial charge in [-0.15, -0.1) is 0 Å². The van der Waals surface area contributed by atoms with Crippen LogP contribution >= 0.6 is 11.6 Å². The van der Waals surface area contributed by atoms with Crippen molar-refractivity contribution in [2.45, 2.75) is 25.6 Å². The monoisotopic (exact) mass is 665 g/mol. The zero-order valence-corrected chi connectivity index (χ0v) is 27.0. The van der Waals surface area contributed by atoms with E-state index in [1.165, 1.54) is 7.11 Å². The normalized spacial score (nSPS) is 17.9. The Hall–Kier alpha value is -5.55. The zero-order valence-electron chi connectivity index (χ0n) is 26.2. The Morgan fingerprint density at radius 1 is 1.00 bits per heavy atom. The first-order chi connectivity index (χ1) is 23.2. The van der Waals surface area contributed by atoms with Crippen LogP contribution in [0.1, 0.15) is 32.0 Å². The molecule has 1 saturated heterocycles. The van der Waals surface area contributed by atoms with Gasteiger partial charge in [0.2, 0.25) is 0 Å². The molecule has 5 aromatic rings. The summed E-state index contributed by atoms with van der Waals surface area (Å²) in [5, 5.41) is 6.52. The molecule has 2 atom stereocenters. The van der Waals surface area contributed by atoms with Gasteiger partial charge in [0.15, 0.2) is 18.1 Å². The molecule has 6 bridgehead atoms. The Morgan fingerprint density at radius 3 is 2.73 bits per heavy atom. The van der Waals surface area contributed by atoms with E-state index in [1.807, 2.05) is 43.3 Å². The lowest BCUT2D eigenvalue weighted by atomic mass is 9.97. The fourth-order valence-electron chi connectivity index (χ4n) is 5.99. The summed E-state index contributed by atoms with van der Waals surface area (Å²) in [6, 6.07) is 21.1. The number of aromatic nitrogens is 2. The average molecular weight is 666 g/mol. The second kappa shape index (κ2) is 12.9. The summed E-state index contributed by atoms with van der Waals surface area (Å²) in [4.78, 5) is 46.3. The van der Waals surface area contributed by atoms with Gasteiger partial charge in [0.05, 0.1) is 24.7 Å². The summed E-state index contributed by atoms with van der Waals surface area (Å²) in [6.45, 7) is 2.43. The predicted octanol–water partition coefficient (Wildman–Crippen LogP) is 4.68. The van der Waals surface area contributed by atoms with Gasteiger partial charge in [0.1, 0.15) is 23.2 Å². The Morgan fingerprint density at radius 2 is 1.88 bits per heavy atom. The number of halogens is 1. The minimum atomic E-state index is -0.617. The summed E-state index contributed by atoms with van der Waals surface area (Å²) in [7, 11) is 1.53. The van der Waals surface area contributed by atoms with E-state index in [9.17, 15) is 14.4 Å². The van der Waals surface area contributed by atoms with E-state index >= 15 is 0 Å². The lowest BCUT2D eigenvalue weighted by molar-refractivity contribution is -0.123. The number of nitrogens with one attached hydrogen (secondary N) is 2. The van der Waals surface area contributed by atoms with Gasteiger partial charge in [0, 0.05) is 31.0 Å².